The molecule has 0 spiro atoms. The first kappa shape index (κ1) is 14.8. The van der Waals surface area contributed by atoms with Gasteiger partial charge in [-0.3, -0.25) is 4.98 Å². The summed E-state index contributed by atoms with van der Waals surface area (Å²) in [6.45, 7) is 2.20. The molecule has 4 rings (SSSR count). The maximum absolute atomic E-state index is 13.5. The lowest BCUT2D eigenvalue weighted by atomic mass is 9.89. The number of nitrogens with zero attached hydrogens (tertiary/aromatic N) is 2. The number of rotatable bonds is 2. The lowest BCUT2D eigenvalue weighted by Gasteiger charge is -2.38. The molecule has 3 heterocycles. The molecule has 122 valence electrons. The van der Waals surface area contributed by atoms with Gasteiger partial charge in [0.2, 0.25) is 0 Å². The zero-order valence-electron chi connectivity index (χ0n) is 13.0. The molecule has 2 aromatic rings. The van der Waals surface area contributed by atoms with E-state index >= 15 is 0 Å². The molecule has 1 aromatic carbocycles. The predicted molar refractivity (Wildman–Crippen MR) is 87.0 cm³/mol. The minimum Gasteiger partial charge on any atom is -0.393 e. The molecule has 2 aliphatic rings. The first-order chi connectivity index (χ1) is 11.2. The number of fused-ring (bicyclic) bond motifs is 1. The molecule has 1 aromatic heterocycles. The van der Waals surface area contributed by atoms with Crippen LogP contribution in [0, 0.1) is 11.7 Å². The van der Waals surface area contributed by atoms with Crippen LogP contribution in [0.4, 0.5) is 10.1 Å². The van der Waals surface area contributed by atoms with Crippen LogP contribution in [0.3, 0.4) is 0 Å². The standard InChI is InChI=1S/C18H21FN2O2/c19-12-3-4-13-15(10-12)20-7-5-17(13)21-8-1-2-16(21)14-11-23-9-6-18(14)22/h3-5,7,10,14,16,18,22H,1-2,6,8-9,11H2/t14-,16-,18+/m0/s1. The van der Waals surface area contributed by atoms with Crippen LogP contribution in [-0.4, -0.2) is 42.0 Å². The van der Waals surface area contributed by atoms with Crippen molar-refractivity contribution < 1.29 is 14.2 Å². The van der Waals surface area contributed by atoms with Crippen LogP contribution in [0.2, 0.25) is 0 Å². The van der Waals surface area contributed by atoms with Crippen LogP contribution in [-0.2, 0) is 4.74 Å². The topological polar surface area (TPSA) is 45.6 Å². The average Bonchev–Trinajstić information content (AvgIpc) is 3.03. The largest absolute Gasteiger partial charge is 0.393 e. The second-order valence-electron chi connectivity index (χ2n) is 6.49. The number of aliphatic hydroxyl groups is 1. The van der Waals surface area contributed by atoms with Gasteiger partial charge in [-0.15, -0.1) is 0 Å². The van der Waals surface area contributed by atoms with Crippen LogP contribution in [0.5, 0.6) is 0 Å². The molecule has 0 radical (unpaired) electrons. The Labute approximate surface area is 134 Å². The number of halogens is 1. The van der Waals surface area contributed by atoms with Crippen molar-refractivity contribution in [1.82, 2.24) is 4.98 Å². The highest BCUT2D eigenvalue weighted by atomic mass is 19.1. The lowest BCUT2D eigenvalue weighted by Crippen LogP contribution is -2.46. The van der Waals surface area contributed by atoms with Gasteiger partial charge in [-0.1, -0.05) is 0 Å². The number of aromatic nitrogens is 1. The zero-order chi connectivity index (χ0) is 15.8. The van der Waals surface area contributed by atoms with Gasteiger partial charge >= 0.3 is 0 Å². The number of hydrogen-bond acceptors (Lipinski definition) is 4. The maximum atomic E-state index is 13.5. The van der Waals surface area contributed by atoms with Crippen LogP contribution >= 0.6 is 0 Å². The SMILES string of the molecule is O[C@@H]1CCOC[C@H]1[C@@H]1CCCN1c1ccnc2cc(F)ccc12. The normalized spacial score (nSPS) is 28.4. The van der Waals surface area contributed by atoms with Crippen molar-refractivity contribution in [3.63, 3.8) is 0 Å². The molecule has 0 saturated carbocycles. The average molecular weight is 316 g/mol. The third-order valence-corrected chi connectivity index (χ3v) is 5.15. The van der Waals surface area contributed by atoms with Gasteiger partial charge in [-0.05, 0) is 37.5 Å². The quantitative estimate of drug-likeness (QED) is 0.925. The predicted octanol–water partition coefficient (Wildman–Crippen LogP) is 2.74. The minimum atomic E-state index is -0.306. The molecule has 0 aliphatic carbocycles. The van der Waals surface area contributed by atoms with E-state index in [1.54, 1.807) is 12.3 Å². The van der Waals surface area contributed by atoms with Crippen molar-refractivity contribution in [3.05, 3.63) is 36.3 Å². The Morgan fingerprint density at radius 3 is 3.04 bits per heavy atom. The fourth-order valence-corrected chi connectivity index (χ4v) is 4.01. The molecule has 5 heteroatoms. The number of anilines is 1. The molecule has 4 nitrogen and oxygen atoms in total. The number of ether oxygens (including phenoxy) is 1. The van der Waals surface area contributed by atoms with Gasteiger partial charge in [0.1, 0.15) is 5.82 Å². The summed E-state index contributed by atoms with van der Waals surface area (Å²) in [5.74, 6) is -0.133. The monoisotopic (exact) mass is 316 g/mol. The summed E-state index contributed by atoms with van der Waals surface area (Å²) in [6.07, 6.45) is 4.28. The van der Waals surface area contributed by atoms with Crippen LogP contribution in [0.15, 0.2) is 30.5 Å². The minimum absolute atomic E-state index is 0.134. The van der Waals surface area contributed by atoms with Gasteiger partial charge in [0, 0.05) is 48.4 Å². The fraction of sp³-hybridized carbons (Fsp3) is 0.500. The number of benzene rings is 1. The highest BCUT2D eigenvalue weighted by molar-refractivity contribution is 5.91. The summed E-state index contributed by atoms with van der Waals surface area (Å²) in [5, 5.41) is 11.3. The smallest absolute Gasteiger partial charge is 0.125 e. The van der Waals surface area contributed by atoms with Crippen molar-refractivity contribution in [2.24, 2.45) is 5.92 Å². The van der Waals surface area contributed by atoms with Crippen molar-refractivity contribution in [1.29, 1.82) is 0 Å². The molecule has 23 heavy (non-hydrogen) atoms. The van der Waals surface area contributed by atoms with E-state index < -0.39 is 0 Å². The molecule has 2 fully saturated rings. The zero-order valence-corrected chi connectivity index (χ0v) is 13.0. The third-order valence-electron chi connectivity index (χ3n) is 5.15. The fourth-order valence-electron chi connectivity index (χ4n) is 4.01. The Kier molecular flexibility index (Phi) is 3.91. The van der Waals surface area contributed by atoms with Gasteiger partial charge in [0.25, 0.3) is 0 Å². The molecule has 1 N–H and O–H groups in total. The summed E-state index contributed by atoms with van der Waals surface area (Å²) in [5.41, 5.74) is 1.75. The van der Waals surface area contributed by atoms with Gasteiger partial charge < -0.3 is 14.7 Å². The summed E-state index contributed by atoms with van der Waals surface area (Å²) in [7, 11) is 0. The second-order valence-corrected chi connectivity index (χ2v) is 6.49. The van der Waals surface area contributed by atoms with Gasteiger partial charge in [-0.25, -0.2) is 4.39 Å². The second kappa shape index (κ2) is 6.06. The molecule has 3 atom stereocenters. The van der Waals surface area contributed by atoms with Crippen molar-refractivity contribution in [2.75, 3.05) is 24.7 Å². The number of hydrogen-bond donors (Lipinski definition) is 1. The molecule has 2 saturated heterocycles. The Morgan fingerprint density at radius 1 is 1.26 bits per heavy atom. The molecule has 2 aliphatic heterocycles. The summed E-state index contributed by atoms with van der Waals surface area (Å²) in [6, 6.07) is 7.02. The Bertz CT molecular complexity index is 708. The van der Waals surface area contributed by atoms with Gasteiger partial charge in [0.05, 0.1) is 18.2 Å². The van der Waals surface area contributed by atoms with E-state index in [0.29, 0.717) is 25.2 Å². The van der Waals surface area contributed by atoms with Crippen LogP contribution in [0.1, 0.15) is 19.3 Å². The highest BCUT2D eigenvalue weighted by Crippen LogP contribution is 2.36. The van der Waals surface area contributed by atoms with Crippen LogP contribution < -0.4 is 4.90 Å². The van der Waals surface area contributed by atoms with Crippen LogP contribution in [0.25, 0.3) is 10.9 Å². The summed E-state index contributed by atoms with van der Waals surface area (Å²) < 4.78 is 19.1. The van der Waals surface area contributed by atoms with E-state index in [0.717, 1.165) is 30.5 Å². The molecular formula is C18H21FN2O2. The van der Waals surface area contributed by atoms with Gasteiger partial charge in [-0.2, -0.15) is 0 Å². The number of pyridine rings is 1. The van der Waals surface area contributed by atoms with Crippen molar-refractivity contribution in [3.8, 4) is 0 Å². The summed E-state index contributed by atoms with van der Waals surface area (Å²) in [4.78, 5) is 6.64. The Hall–Kier alpha value is -1.72. The van der Waals surface area contributed by atoms with Gasteiger partial charge in [0.15, 0.2) is 0 Å². The molecule has 0 amide bonds. The maximum Gasteiger partial charge on any atom is 0.125 e. The van der Waals surface area contributed by atoms with E-state index in [9.17, 15) is 9.50 Å². The van der Waals surface area contributed by atoms with Crippen molar-refractivity contribution in [2.45, 2.75) is 31.4 Å². The van der Waals surface area contributed by atoms with E-state index in [1.165, 1.54) is 12.1 Å². The first-order valence-corrected chi connectivity index (χ1v) is 8.31. The van der Waals surface area contributed by atoms with E-state index in [-0.39, 0.29) is 23.9 Å². The lowest BCUT2D eigenvalue weighted by molar-refractivity contribution is -0.0437. The van der Waals surface area contributed by atoms with Crippen molar-refractivity contribution >= 4 is 16.6 Å². The number of aliphatic hydroxyl groups excluding tert-OH is 1. The molecule has 0 unspecified atom stereocenters. The third kappa shape index (κ3) is 2.68. The highest BCUT2D eigenvalue weighted by Gasteiger charge is 2.38. The Morgan fingerprint density at radius 2 is 2.17 bits per heavy atom. The molecule has 0 bridgehead atoms. The van der Waals surface area contributed by atoms with E-state index in [2.05, 4.69) is 9.88 Å². The first-order valence-electron chi connectivity index (χ1n) is 8.31. The van der Waals surface area contributed by atoms with E-state index in [1.807, 2.05) is 6.07 Å². The molecular weight excluding hydrogens is 295 g/mol. The Balaban J connectivity index is 1.71. The summed E-state index contributed by atoms with van der Waals surface area (Å²) >= 11 is 0. The van der Waals surface area contributed by atoms with E-state index in [4.69, 9.17) is 4.74 Å².